The molecule has 0 amide bonds. The van der Waals surface area contributed by atoms with E-state index in [2.05, 4.69) is 13.8 Å². The molecule has 0 aromatic heterocycles. The van der Waals surface area contributed by atoms with Crippen LogP contribution in [0, 0.1) is 0 Å². The SMILES string of the molecule is CCCC=C(F)CCCCCCCCC. The van der Waals surface area contributed by atoms with Gasteiger partial charge < -0.3 is 0 Å². The lowest BCUT2D eigenvalue weighted by atomic mass is 10.1. The smallest absolute Gasteiger partial charge is 0.0959 e. The van der Waals surface area contributed by atoms with Crippen LogP contribution in [0.3, 0.4) is 0 Å². The molecule has 0 aromatic carbocycles. The van der Waals surface area contributed by atoms with Crippen molar-refractivity contribution in [3.8, 4) is 0 Å². The molecule has 0 aromatic rings. The van der Waals surface area contributed by atoms with Gasteiger partial charge in [-0.1, -0.05) is 64.9 Å². The Bertz CT molecular complexity index is 149. The number of rotatable bonds is 10. The predicted octanol–water partition coefficient (Wildman–Crippen LogP) is 5.78. The Morgan fingerprint density at radius 3 is 2.07 bits per heavy atom. The first kappa shape index (κ1) is 14.7. The molecule has 0 radical (unpaired) electrons. The van der Waals surface area contributed by atoms with Crippen LogP contribution in [0.15, 0.2) is 11.9 Å². The molecule has 0 saturated heterocycles. The molecule has 0 spiro atoms. The van der Waals surface area contributed by atoms with Crippen LogP contribution >= 0.6 is 0 Å². The molecule has 0 aliphatic carbocycles. The quantitative estimate of drug-likeness (QED) is 0.404. The Hall–Kier alpha value is -0.330. The zero-order valence-electron chi connectivity index (χ0n) is 10.5. The lowest BCUT2D eigenvalue weighted by Gasteiger charge is -2.00. The van der Waals surface area contributed by atoms with E-state index in [1.54, 1.807) is 6.08 Å². The van der Waals surface area contributed by atoms with Gasteiger partial charge >= 0.3 is 0 Å². The van der Waals surface area contributed by atoms with E-state index in [4.69, 9.17) is 0 Å². The van der Waals surface area contributed by atoms with Crippen LogP contribution in [0.4, 0.5) is 4.39 Å². The maximum Gasteiger partial charge on any atom is 0.0959 e. The van der Waals surface area contributed by atoms with Crippen molar-refractivity contribution in [2.45, 2.75) is 78.1 Å². The van der Waals surface area contributed by atoms with Crippen molar-refractivity contribution in [2.75, 3.05) is 0 Å². The summed E-state index contributed by atoms with van der Waals surface area (Å²) in [6.45, 7) is 4.31. The van der Waals surface area contributed by atoms with Gasteiger partial charge in [0.15, 0.2) is 0 Å². The van der Waals surface area contributed by atoms with Crippen molar-refractivity contribution in [1.82, 2.24) is 0 Å². The third kappa shape index (κ3) is 11.6. The minimum Gasteiger partial charge on any atom is -0.212 e. The summed E-state index contributed by atoms with van der Waals surface area (Å²) in [5, 5.41) is 0. The summed E-state index contributed by atoms with van der Waals surface area (Å²) in [6, 6.07) is 0. The van der Waals surface area contributed by atoms with Crippen molar-refractivity contribution >= 4 is 0 Å². The minimum absolute atomic E-state index is 0.102. The molecule has 0 nitrogen and oxygen atoms in total. The molecular formula is C14H27F. The molecule has 0 heterocycles. The van der Waals surface area contributed by atoms with Crippen molar-refractivity contribution in [3.63, 3.8) is 0 Å². The van der Waals surface area contributed by atoms with Gasteiger partial charge in [0.05, 0.1) is 5.83 Å². The summed E-state index contributed by atoms with van der Waals surface area (Å²) in [6.07, 6.45) is 13.2. The van der Waals surface area contributed by atoms with E-state index in [0.717, 1.165) is 19.3 Å². The molecule has 0 aliphatic rings. The van der Waals surface area contributed by atoms with Gasteiger partial charge in [-0.2, -0.15) is 0 Å². The fraction of sp³-hybridized carbons (Fsp3) is 0.857. The predicted molar refractivity (Wildman–Crippen MR) is 66.7 cm³/mol. The molecule has 0 saturated carbocycles. The lowest BCUT2D eigenvalue weighted by Crippen LogP contribution is -1.81. The second-order valence-electron chi connectivity index (χ2n) is 4.31. The topological polar surface area (TPSA) is 0 Å². The van der Waals surface area contributed by atoms with Gasteiger partial charge in [-0.25, -0.2) is 4.39 Å². The number of hydrogen-bond donors (Lipinski definition) is 0. The Kier molecular flexibility index (Phi) is 11.5. The highest BCUT2D eigenvalue weighted by Crippen LogP contribution is 2.13. The first-order valence-electron chi connectivity index (χ1n) is 6.65. The standard InChI is InChI=1S/C14H27F/c1-3-5-7-8-9-10-11-13-14(15)12-6-4-2/h12H,3-11,13H2,1-2H3. The van der Waals surface area contributed by atoms with Gasteiger partial charge in [0.25, 0.3) is 0 Å². The van der Waals surface area contributed by atoms with Crippen LogP contribution in [0.2, 0.25) is 0 Å². The van der Waals surface area contributed by atoms with Crippen molar-refractivity contribution in [3.05, 3.63) is 11.9 Å². The van der Waals surface area contributed by atoms with Crippen LogP contribution in [0.5, 0.6) is 0 Å². The second-order valence-corrected chi connectivity index (χ2v) is 4.31. The molecular weight excluding hydrogens is 187 g/mol. The molecule has 0 N–H and O–H groups in total. The van der Waals surface area contributed by atoms with Crippen molar-refractivity contribution in [2.24, 2.45) is 0 Å². The zero-order chi connectivity index (χ0) is 11.4. The first-order valence-corrected chi connectivity index (χ1v) is 6.65. The second kappa shape index (κ2) is 11.7. The largest absolute Gasteiger partial charge is 0.212 e. The van der Waals surface area contributed by atoms with Crippen LogP contribution in [-0.4, -0.2) is 0 Å². The summed E-state index contributed by atoms with van der Waals surface area (Å²) >= 11 is 0. The van der Waals surface area contributed by atoms with Crippen LogP contribution in [0.1, 0.15) is 78.1 Å². The van der Waals surface area contributed by atoms with Gasteiger partial charge in [-0.05, 0) is 19.3 Å². The molecule has 0 fully saturated rings. The maximum absolute atomic E-state index is 13.1. The van der Waals surface area contributed by atoms with E-state index < -0.39 is 0 Å². The number of unbranched alkanes of at least 4 members (excludes halogenated alkanes) is 7. The van der Waals surface area contributed by atoms with E-state index in [-0.39, 0.29) is 5.83 Å². The van der Waals surface area contributed by atoms with Crippen LogP contribution in [0.25, 0.3) is 0 Å². The van der Waals surface area contributed by atoms with E-state index in [0.29, 0.717) is 6.42 Å². The van der Waals surface area contributed by atoms with Gasteiger partial charge in [0.2, 0.25) is 0 Å². The zero-order valence-corrected chi connectivity index (χ0v) is 10.5. The highest BCUT2D eigenvalue weighted by Gasteiger charge is 1.95. The summed E-state index contributed by atoms with van der Waals surface area (Å²) in [4.78, 5) is 0. The molecule has 0 aliphatic heterocycles. The fourth-order valence-corrected chi connectivity index (χ4v) is 1.65. The number of allylic oxidation sites excluding steroid dienone is 2. The molecule has 90 valence electrons. The minimum atomic E-state index is 0.102. The Labute approximate surface area is 95.0 Å². The highest BCUT2D eigenvalue weighted by molar-refractivity contribution is 4.90. The summed E-state index contributed by atoms with van der Waals surface area (Å²) in [5.41, 5.74) is 0. The normalized spacial score (nSPS) is 12.1. The van der Waals surface area contributed by atoms with E-state index in [1.807, 2.05) is 0 Å². The molecule has 1 heteroatoms. The fourth-order valence-electron chi connectivity index (χ4n) is 1.65. The lowest BCUT2D eigenvalue weighted by molar-refractivity contribution is 0.534. The Balaban J connectivity index is 3.16. The summed E-state index contributed by atoms with van der Waals surface area (Å²) in [5.74, 6) is 0.102. The van der Waals surface area contributed by atoms with E-state index >= 15 is 0 Å². The van der Waals surface area contributed by atoms with Gasteiger partial charge in [0, 0.05) is 0 Å². The summed E-state index contributed by atoms with van der Waals surface area (Å²) in [7, 11) is 0. The summed E-state index contributed by atoms with van der Waals surface area (Å²) < 4.78 is 13.1. The molecule has 0 atom stereocenters. The van der Waals surface area contributed by atoms with Crippen molar-refractivity contribution < 1.29 is 4.39 Å². The van der Waals surface area contributed by atoms with Gasteiger partial charge in [-0.3, -0.25) is 0 Å². The molecule has 0 unspecified atom stereocenters. The molecule has 0 bridgehead atoms. The molecule has 0 rings (SSSR count). The Morgan fingerprint density at radius 1 is 0.867 bits per heavy atom. The maximum atomic E-state index is 13.1. The van der Waals surface area contributed by atoms with E-state index in [9.17, 15) is 4.39 Å². The average molecular weight is 214 g/mol. The Morgan fingerprint density at radius 2 is 1.47 bits per heavy atom. The number of halogens is 1. The van der Waals surface area contributed by atoms with Gasteiger partial charge in [-0.15, -0.1) is 0 Å². The first-order chi connectivity index (χ1) is 7.31. The van der Waals surface area contributed by atoms with Crippen LogP contribution < -0.4 is 0 Å². The van der Waals surface area contributed by atoms with Crippen molar-refractivity contribution in [1.29, 1.82) is 0 Å². The number of hydrogen-bond acceptors (Lipinski definition) is 0. The third-order valence-electron chi connectivity index (χ3n) is 2.67. The highest BCUT2D eigenvalue weighted by atomic mass is 19.1. The average Bonchev–Trinajstić information content (AvgIpc) is 2.25. The monoisotopic (exact) mass is 214 g/mol. The van der Waals surface area contributed by atoms with Gasteiger partial charge in [0.1, 0.15) is 0 Å². The third-order valence-corrected chi connectivity index (χ3v) is 2.67. The van der Waals surface area contributed by atoms with Crippen LogP contribution in [-0.2, 0) is 0 Å². The molecule has 15 heavy (non-hydrogen) atoms. The van der Waals surface area contributed by atoms with E-state index in [1.165, 1.54) is 38.5 Å².